The minimum Gasteiger partial charge on any atom is -0.253 e. The van der Waals surface area contributed by atoms with Gasteiger partial charge in [0.25, 0.3) is 0 Å². The second-order valence-corrected chi connectivity index (χ2v) is 6.24. The minimum absolute atomic E-state index is 0.294. The molecule has 0 radical (unpaired) electrons. The Morgan fingerprint density at radius 2 is 1.86 bits per heavy atom. The fraction of sp³-hybridized carbons (Fsp3) is 0.364. The highest BCUT2D eigenvalue weighted by molar-refractivity contribution is 7.97. The first kappa shape index (κ1) is 9.74. The molecule has 3 heteroatoms. The summed E-state index contributed by atoms with van der Waals surface area (Å²) in [5.74, 6) is 3.61. The van der Waals surface area contributed by atoms with Crippen LogP contribution in [0.15, 0.2) is 24.3 Å². The predicted molar refractivity (Wildman–Crippen MR) is 62.0 cm³/mol. The van der Waals surface area contributed by atoms with Crippen molar-refractivity contribution in [2.24, 2.45) is 0 Å². The van der Waals surface area contributed by atoms with Gasteiger partial charge in [0.05, 0.1) is 0 Å². The summed E-state index contributed by atoms with van der Waals surface area (Å²) in [7, 11) is -2.08. The smallest absolute Gasteiger partial charge is 0.0269 e. The van der Waals surface area contributed by atoms with Crippen molar-refractivity contribution in [3.8, 4) is 0 Å². The highest BCUT2D eigenvalue weighted by atomic mass is 32.2. The average molecular weight is 209 g/mol. The van der Waals surface area contributed by atoms with E-state index in [2.05, 4.69) is 34.9 Å². The van der Waals surface area contributed by atoms with E-state index >= 15 is 0 Å². The molecule has 0 bridgehead atoms. The molecule has 1 aromatic carbocycles. The first-order valence-corrected chi connectivity index (χ1v) is 6.84. The minimum atomic E-state index is -2.08. The van der Waals surface area contributed by atoms with E-state index in [1.165, 1.54) is 11.1 Å². The molecular formula is C11H15NOS. The molecule has 0 heterocycles. The number of hydrogen-bond donors (Lipinski definition) is 1. The zero-order valence-corrected chi connectivity index (χ0v) is 9.14. The van der Waals surface area contributed by atoms with Crippen LogP contribution in [0.3, 0.4) is 0 Å². The van der Waals surface area contributed by atoms with E-state index in [-0.39, 0.29) is 0 Å². The molecule has 1 aliphatic rings. The van der Waals surface area contributed by atoms with Crippen LogP contribution in [0.4, 0.5) is 0 Å². The Hall–Kier alpha value is -0.800. The molecule has 2 nitrogen and oxygen atoms in total. The average Bonchev–Trinajstić information content (AvgIpc) is 2.42. The Morgan fingerprint density at radius 1 is 1.36 bits per heavy atom. The zero-order valence-electron chi connectivity index (χ0n) is 8.32. The molecule has 0 saturated heterocycles. The molecule has 0 amide bonds. The van der Waals surface area contributed by atoms with Crippen molar-refractivity contribution in [2.45, 2.75) is 18.9 Å². The van der Waals surface area contributed by atoms with Gasteiger partial charge < -0.3 is 0 Å². The quantitative estimate of drug-likeness (QED) is 0.724. The van der Waals surface area contributed by atoms with Crippen LogP contribution in [0.1, 0.15) is 11.1 Å². The second-order valence-electron chi connectivity index (χ2n) is 4.00. The normalized spacial score (nSPS) is 20.4. The van der Waals surface area contributed by atoms with Crippen molar-refractivity contribution in [3.63, 3.8) is 0 Å². The summed E-state index contributed by atoms with van der Waals surface area (Å²) in [5.41, 5.74) is 2.74. The molecule has 0 aromatic heterocycles. The van der Waals surface area contributed by atoms with Crippen LogP contribution in [0.5, 0.6) is 0 Å². The zero-order chi connectivity index (χ0) is 10.2. The van der Waals surface area contributed by atoms with Crippen molar-refractivity contribution in [1.29, 1.82) is 0 Å². The lowest BCUT2D eigenvalue weighted by Crippen LogP contribution is -2.34. The number of nitrogens with one attached hydrogen (secondary N) is 1. The van der Waals surface area contributed by atoms with Crippen LogP contribution in [-0.2, 0) is 22.5 Å². The van der Waals surface area contributed by atoms with Crippen LogP contribution in [0.2, 0.25) is 0 Å². The third kappa shape index (κ3) is 2.16. The van der Waals surface area contributed by atoms with E-state index in [4.69, 9.17) is 0 Å². The molecule has 0 aliphatic heterocycles. The second kappa shape index (κ2) is 3.41. The van der Waals surface area contributed by atoms with Gasteiger partial charge in [-0.3, -0.25) is 4.21 Å². The lowest BCUT2D eigenvalue weighted by atomic mass is 10.1. The van der Waals surface area contributed by atoms with Crippen LogP contribution < -0.4 is 4.72 Å². The van der Waals surface area contributed by atoms with Crippen LogP contribution >= 0.6 is 0 Å². The van der Waals surface area contributed by atoms with Gasteiger partial charge in [0.15, 0.2) is 0 Å². The predicted octanol–water partition coefficient (Wildman–Crippen LogP) is 1.00. The third-order valence-corrected chi connectivity index (χ3v) is 3.30. The summed E-state index contributed by atoms with van der Waals surface area (Å²) in [6, 6.07) is 8.67. The van der Waals surface area contributed by atoms with Gasteiger partial charge >= 0.3 is 0 Å². The van der Waals surface area contributed by atoms with Gasteiger partial charge in [-0.2, -0.15) is 0 Å². The molecule has 1 aliphatic carbocycles. The Morgan fingerprint density at radius 3 is 2.29 bits per heavy atom. The molecule has 0 saturated carbocycles. The Bertz CT molecular complexity index is 411. The van der Waals surface area contributed by atoms with E-state index < -0.39 is 9.71 Å². The van der Waals surface area contributed by atoms with E-state index in [0.717, 1.165) is 12.8 Å². The molecule has 2 rings (SSSR count). The van der Waals surface area contributed by atoms with Crippen molar-refractivity contribution < 1.29 is 4.21 Å². The molecule has 76 valence electrons. The lowest BCUT2D eigenvalue weighted by molar-refractivity contribution is 0.626. The summed E-state index contributed by atoms with van der Waals surface area (Å²) >= 11 is 0. The first-order chi connectivity index (χ1) is 6.54. The lowest BCUT2D eigenvalue weighted by Gasteiger charge is -2.12. The van der Waals surface area contributed by atoms with Gasteiger partial charge in [0.2, 0.25) is 0 Å². The summed E-state index contributed by atoms with van der Waals surface area (Å²) in [6.07, 6.45) is 3.59. The van der Waals surface area contributed by atoms with E-state index in [1.54, 1.807) is 6.26 Å². The number of hydrogen-bond acceptors (Lipinski definition) is 1. The van der Waals surface area contributed by atoms with E-state index in [9.17, 15) is 4.21 Å². The van der Waals surface area contributed by atoms with Gasteiger partial charge in [-0.15, -0.1) is 0 Å². The van der Waals surface area contributed by atoms with Crippen molar-refractivity contribution in [3.05, 3.63) is 35.4 Å². The van der Waals surface area contributed by atoms with E-state index in [0.29, 0.717) is 6.04 Å². The highest BCUT2D eigenvalue weighted by Crippen LogP contribution is 2.21. The molecule has 14 heavy (non-hydrogen) atoms. The fourth-order valence-corrected chi connectivity index (χ4v) is 2.87. The molecule has 1 N–H and O–H groups in total. The molecule has 0 spiro atoms. The maximum atomic E-state index is 11.5. The molecule has 0 fully saturated rings. The summed E-state index contributed by atoms with van der Waals surface area (Å²) in [5, 5.41) is 0. The van der Waals surface area contributed by atoms with Crippen LogP contribution in [-0.4, -0.2) is 22.4 Å². The SMILES string of the molecule is C=S(C)(=O)NC1Cc2ccccc2C1. The van der Waals surface area contributed by atoms with Crippen LogP contribution in [0, 0.1) is 0 Å². The maximum Gasteiger partial charge on any atom is 0.0269 e. The summed E-state index contributed by atoms with van der Waals surface area (Å²) in [6.45, 7) is 0. The van der Waals surface area contributed by atoms with Gasteiger partial charge in [0, 0.05) is 22.0 Å². The Labute approximate surface area is 85.5 Å². The first-order valence-electron chi connectivity index (χ1n) is 4.71. The number of benzene rings is 1. The van der Waals surface area contributed by atoms with Crippen molar-refractivity contribution in [1.82, 2.24) is 4.72 Å². The number of rotatable bonds is 2. The van der Waals surface area contributed by atoms with Gasteiger partial charge in [-0.1, -0.05) is 24.3 Å². The van der Waals surface area contributed by atoms with Crippen molar-refractivity contribution >= 4 is 15.6 Å². The maximum absolute atomic E-state index is 11.5. The van der Waals surface area contributed by atoms with Gasteiger partial charge in [-0.25, -0.2) is 4.72 Å². The highest BCUT2D eigenvalue weighted by Gasteiger charge is 2.21. The van der Waals surface area contributed by atoms with Crippen LogP contribution in [0.25, 0.3) is 0 Å². The third-order valence-electron chi connectivity index (χ3n) is 2.47. The molecule has 1 atom stereocenters. The topological polar surface area (TPSA) is 29.1 Å². The monoisotopic (exact) mass is 209 g/mol. The van der Waals surface area contributed by atoms with Crippen molar-refractivity contribution in [2.75, 3.05) is 6.26 Å². The summed E-state index contributed by atoms with van der Waals surface area (Å²) < 4.78 is 14.6. The molecule has 1 aromatic rings. The molecular weight excluding hydrogens is 194 g/mol. The Balaban J connectivity index is 2.13. The standard InChI is InChI=1S/C11H15NOS/c1-14(2,13)12-11-7-9-5-3-4-6-10(9)8-11/h3-6,11H,1,7-8H2,2H3,(H,12,13). The fourth-order valence-electron chi connectivity index (χ4n) is 1.99. The molecule has 1 unspecified atom stereocenters. The van der Waals surface area contributed by atoms with Gasteiger partial charge in [-0.05, 0) is 29.8 Å². The largest absolute Gasteiger partial charge is 0.253 e. The Kier molecular flexibility index (Phi) is 2.37. The van der Waals surface area contributed by atoms with Gasteiger partial charge in [0.1, 0.15) is 0 Å². The number of fused-ring (bicyclic) bond motifs is 1. The summed E-state index contributed by atoms with van der Waals surface area (Å²) in [4.78, 5) is 0. The van der Waals surface area contributed by atoms with E-state index in [1.807, 2.05) is 0 Å².